The molecular formula is C11H25N3O2S. The van der Waals surface area contributed by atoms with Crippen LogP contribution < -0.4 is 10.0 Å². The zero-order valence-electron chi connectivity index (χ0n) is 11.1. The van der Waals surface area contributed by atoms with E-state index in [0.717, 1.165) is 25.8 Å². The second kappa shape index (κ2) is 6.68. The van der Waals surface area contributed by atoms with Gasteiger partial charge in [0.2, 0.25) is 0 Å². The third kappa shape index (κ3) is 4.54. The van der Waals surface area contributed by atoms with Crippen molar-refractivity contribution in [1.82, 2.24) is 14.3 Å². The fraction of sp³-hybridized carbons (Fsp3) is 1.00. The highest BCUT2D eigenvalue weighted by Crippen LogP contribution is 2.29. The lowest BCUT2D eigenvalue weighted by molar-refractivity contribution is 0.257. The van der Waals surface area contributed by atoms with Crippen molar-refractivity contribution < 1.29 is 8.42 Å². The van der Waals surface area contributed by atoms with E-state index in [9.17, 15) is 8.42 Å². The fourth-order valence-corrected chi connectivity index (χ4v) is 3.17. The lowest BCUT2D eigenvalue weighted by atomic mass is 9.81. The molecule has 0 radical (unpaired) electrons. The third-order valence-corrected chi connectivity index (χ3v) is 5.17. The van der Waals surface area contributed by atoms with Gasteiger partial charge in [-0.15, -0.1) is 0 Å². The predicted molar refractivity (Wildman–Crippen MR) is 70.0 cm³/mol. The Morgan fingerprint density at radius 1 is 1.41 bits per heavy atom. The minimum absolute atomic E-state index is 0.0560. The van der Waals surface area contributed by atoms with Gasteiger partial charge in [0, 0.05) is 19.6 Å². The molecule has 0 aromatic rings. The zero-order chi connectivity index (χ0) is 12.9. The predicted octanol–water partition coefficient (Wildman–Crippen LogP) is 0.551. The van der Waals surface area contributed by atoms with Crippen LogP contribution >= 0.6 is 0 Å². The maximum absolute atomic E-state index is 12.0. The van der Waals surface area contributed by atoms with E-state index >= 15 is 0 Å². The third-order valence-electron chi connectivity index (χ3n) is 3.50. The second-order valence-corrected chi connectivity index (χ2v) is 6.69. The van der Waals surface area contributed by atoms with Gasteiger partial charge in [0.1, 0.15) is 0 Å². The van der Waals surface area contributed by atoms with Gasteiger partial charge >= 0.3 is 0 Å². The van der Waals surface area contributed by atoms with E-state index in [1.54, 1.807) is 7.05 Å². The topological polar surface area (TPSA) is 61.4 Å². The van der Waals surface area contributed by atoms with Crippen LogP contribution in [0.25, 0.3) is 0 Å². The molecule has 1 unspecified atom stereocenters. The molecule has 0 bridgehead atoms. The van der Waals surface area contributed by atoms with Crippen LogP contribution in [0.5, 0.6) is 0 Å². The molecule has 0 spiro atoms. The van der Waals surface area contributed by atoms with E-state index in [0.29, 0.717) is 12.5 Å². The van der Waals surface area contributed by atoms with Crippen molar-refractivity contribution in [2.75, 3.05) is 27.2 Å². The van der Waals surface area contributed by atoms with Gasteiger partial charge in [0.25, 0.3) is 10.2 Å². The Morgan fingerprint density at radius 2 is 2.06 bits per heavy atom. The molecule has 0 heterocycles. The SMILES string of the molecule is CNCCCN(C)S(=O)(=O)NC(C)C1CCC1. The molecule has 1 aliphatic rings. The summed E-state index contributed by atoms with van der Waals surface area (Å²) >= 11 is 0. The van der Waals surface area contributed by atoms with Gasteiger partial charge in [-0.25, -0.2) is 0 Å². The summed E-state index contributed by atoms with van der Waals surface area (Å²) in [4.78, 5) is 0. The Bertz CT molecular complexity index is 315. The Morgan fingerprint density at radius 3 is 2.53 bits per heavy atom. The average molecular weight is 263 g/mol. The number of nitrogens with zero attached hydrogens (tertiary/aromatic N) is 1. The van der Waals surface area contributed by atoms with Gasteiger partial charge in [-0.3, -0.25) is 0 Å². The molecule has 0 saturated heterocycles. The van der Waals surface area contributed by atoms with Crippen molar-refractivity contribution in [2.45, 2.75) is 38.6 Å². The Hall–Kier alpha value is -0.170. The lowest BCUT2D eigenvalue weighted by Gasteiger charge is -2.32. The largest absolute Gasteiger partial charge is 0.320 e. The van der Waals surface area contributed by atoms with Crippen LogP contribution in [0.2, 0.25) is 0 Å². The zero-order valence-corrected chi connectivity index (χ0v) is 11.9. The van der Waals surface area contributed by atoms with Crippen molar-refractivity contribution in [3.05, 3.63) is 0 Å². The van der Waals surface area contributed by atoms with Crippen LogP contribution in [-0.2, 0) is 10.2 Å². The summed E-state index contributed by atoms with van der Waals surface area (Å²) < 4.78 is 28.1. The molecule has 102 valence electrons. The molecule has 0 amide bonds. The molecule has 1 atom stereocenters. The molecular weight excluding hydrogens is 238 g/mol. The van der Waals surface area contributed by atoms with Crippen LogP contribution in [0.3, 0.4) is 0 Å². The minimum atomic E-state index is -3.31. The number of nitrogens with one attached hydrogen (secondary N) is 2. The van der Waals surface area contributed by atoms with Gasteiger partial charge in [0.15, 0.2) is 0 Å². The van der Waals surface area contributed by atoms with Gasteiger partial charge in [-0.1, -0.05) is 6.42 Å². The fourth-order valence-electron chi connectivity index (χ4n) is 1.96. The summed E-state index contributed by atoms with van der Waals surface area (Å²) in [6.45, 7) is 3.34. The van der Waals surface area contributed by atoms with E-state index in [1.807, 2.05) is 14.0 Å². The average Bonchev–Trinajstić information content (AvgIpc) is 2.14. The highest BCUT2D eigenvalue weighted by Gasteiger charge is 2.28. The van der Waals surface area contributed by atoms with Crippen LogP contribution in [-0.4, -0.2) is 45.9 Å². The van der Waals surface area contributed by atoms with Gasteiger partial charge in [-0.2, -0.15) is 17.4 Å². The summed E-state index contributed by atoms with van der Waals surface area (Å²) in [5, 5.41) is 3.01. The smallest absolute Gasteiger partial charge is 0.279 e. The second-order valence-electron chi connectivity index (χ2n) is 4.88. The monoisotopic (exact) mass is 263 g/mol. The maximum Gasteiger partial charge on any atom is 0.279 e. The first kappa shape index (κ1) is 14.9. The number of hydrogen-bond donors (Lipinski definition) is 2. The highest BCUT2D eigenvalue weighted by molar-refractivity contribution is 7.87. The molecule has 0 aliphatic heterocycles. The summed E-state index contributed by atoms with van der Waals surface area (Å²) in [6.07, 6.45) is 4.35. The standard InChI is InChI=1S/C11H25N3O2S/c1-10(11-6-4-7-11)13-17(15,16)14(3)9-5-8-12-2/h10-13H,4-9H2,1-3H3. The Kier molecular flexibility index (Phi) is 5.85. The van der Waals surface area contributed by atoms with E-state index in [1.165, 1.54) is 10.7 Å². The molecule has 5 nitrogen and oxygen atoms in total. The Balaban J connectivity index is 2.37. The molecule has 1 rings (SSSR count). The Labute approximate surface area is 105 Å². The summed E-state index contributed by atoms with van der Waals surface area (Å²) in [6, 6.07) is 0.0560. The van der Waals surface area contributed by atoms with Crippen molar-refractivity contribution in [2.24, 2.45) is 5.92 Å². The highest BCUT2D eigenvalue weighted by atomic mass is 32.2. The molecule has 1 fully saturated rings. The molecule has 6 heteroatoms. The number of rotatable bonds is 8. The summed E-state index contributed by atoms with van der Waals surface area (Å²) in [7, 11) is 0.191. The van der Waals surface area contributed by atoms with Gasteiger partial charge in [-0.05, 0) is 45.7 Å². The van der Waals surface area contributed by atoms with Crippen LogP contribution in [0, 0.1) is 5.92 Å². The van der Waals surface area contributed by atoms with Crippen LogP contribution in [0.15, 0.2) is 0 Å². The van der Waals surface area contributed by atoms with Gasteiger partial charge in [0.05, 0.1) is 0 Å². The first-order valence-electron chi connectivity index (χ1n) is 6.35. The maximum atomic E-state index is 12.0. The van der Waals surface area contributed by atoms with E-state index in [4.69, 9.17) is 0 Å². The summed E-state index contributed by atoms with van der Waals surface area (Å²) in [5.41, 5.74) is 0. The first-order valence-corrected chi connectivity index (χ1v) is 7.79. The molecule has 2 N–H and O–H groups in total. The van der Waals surface area contributed by atoms with E-state index in [-0.39, 0.29) is 6.04 Å². The van der Waals surface area contributed by atoms with Crippen molar-refractivity contribution in [3.63, 3.8) is 0 Å². The summed E-state index contributed by atoms with van der Waals surface area (Å²) in [5.74, 6) is 0.524. The van der Waals surface area contributed by atoms with Gasteiger partial charge < -0.3 is 5.32 Å². The van der Waals surface area contributed by atoms with E-state index in [2.05, 4.69) is 10.0 Å². The molecule has 0 aromatic carbocycles. The molecule has 1 aliphatic carbocycles. The van der Waals surface area contributed by atoms with Crippen molar-refractivity contribution in [3.8, 4) is 0 Å². The van der Waals surface area contributed by atoms with E-state index < -0.39 is 10.2 Å². The molecule has 0 aromatic heterocycles. The van der Waals surface area contributed by atoms with Crippen LogP contribution in [0.1, 0.15) is 32.6 Å². The minimum Gasteiger partial charge on any atom is -0.320 e. The number of hydrogen-bond acceptors (Lipinski definition) is 3. The van der Waals surface area contributed by atoms with Crippen molar-refractivity contribution in [1.29, 1.82) is 0 Å². The van der Waals surface area contributed by atoms with Crippen LogP contribution in [0.4, 0.5) is 0 Å². The lowest BCUT2D eigenvalue weighted by Crippen LogP contribution is -2.47. The quantitative estimate of drug-likeness (QED) is 0.629. The molecule has 17 heavy (non-hydrogen) atoms. The molecule has 1 saturated carbocycles. The normalized spacial score (nSPS) is 19.3. The first-order chi connectivity index (χ1) is 7.97. The van der Waals surface area contributed by atoms with Crippen molar-refractivity contribution >= 4 is 10.2 Å².